The van der Waals surface area contributed by atoms with Crippen molar-refractivity contribution in [3.8, 4) is 28.5 Å². The molecule has 2 aromatic heterocycles. The van der Waals surface area contributed by atoms with E-state index in [0.717, 1.165) is 44.7 Å². The minimum atomic E-state index is -0.0933. The summed E-state index contributed by atoms with van der Waals surface area (Å²) in [5.41, 5.74) is 6.53. The molecule has 0 saturated heterocycles. The number of benzene rings is 3. The normalized spacial score (nSPS) is 10.7. The van der Waals surface area contributed by atoms with Gasteiger partial charge in [0.1, 0.15) is 11.1 Å². The molecule has 1 amide bonds. The number of carbonyl (C=O) groups is 1. The summed E-state index contributed by atoms with van der Waals surface area (Å²) in [6.45, 7) is 1.91. The van der Waals surface area contributed by atoms with E-state index in [1.165, 1.54) is 11.8 Å². The Labute approximate surface area is 220 Å². The first-order chi connectivity index (χ1) is 18.1. The molecule has 0 aliphatic carbocycles. The number of nitriles is 1. The third-order valence-electron chi connectivity index (χ3n) is 5.94. The van der Waals surface area contributed by atoms with Crippen molar-refractivity contribution in [3.05, 3.63) is 108 Å². The Bertz CT molecular complexity index is 1610. The van der Waals surface area contributed by atoms with E-state index in [1.807, 2.05) is 104 Å². The lowest BCUT2D eigenvalue weighted by Crippen LogP contribution is -2.13. The van der Waals surface area contributed by atoms with E-state index in [0.29, 0.717) is 16.3 Å². The lowest BCUT2D eigenvalue weighted by Gasteiger charge is -2.13. The second kappa shape index (κ2) is 11.1. The van der Waals surface area contributed by atoms with Crippen LogP contribution in [0.5, 0.6) is 0 Å². The summed E-state index contributed by atoms with van der Waals surface area (Å²) in [6.07, 6.45) is 0.281. The quantitative estimate of drug-likeness (QED) is 0.238. The Morgan fingerprint density at radius 1 is 0.892 bits per heavy atom. The SMILES string of the molecule is Cc1cc(NC(=O)CCSc2nc(-c3ccccc3)cc(-c3ccccc3)c2C#N)c2ccccc2n1. The van der Waals surface area contributed by atoms with Gasteiger partial charge in [0.15, 0.2) is 0 Å². The van der Waals surface area contributed by atoms with Crippen LogP contribution in [0.15, 0.2) is 102 Å². The largest absolute Gasteiger partial charge is 0.325 e. The van der Waals surface area contributed by atoms with E-state index in [2.05, 4.69) is 16.4 Å². The van der Waals surface area contributed by atoms with Gasteiger partial charge in [-0.15, -0.1) is 11.8 Å². The molecule has 2 heterocycles. The molecule has 0 saturated carbocycles. The first kappa shape index (κ1) is 24.2. The van der Waals surface area contributed by atoms with E-state index in [9.17, 15) is 10.1 Å². The highest BCUT2D eigenvalue weighted by Gasteiger charge is 2.16. The average molecular weight is 501 g/mol. The predicted molar refractivity (Wildman–Crippen MR) is 150 cm³/mol. The van der Waals surface area contributed by atoms with Crippen molar-refractivity contribution in [2.24, 2.45) is 0 Å². The van der Waals surface area contributed by atoms with Crippen LogP contribution in [-0.4, -0.2) is 21.6 Å². The van der Waals surface area contributed by atoms with E-state index >= 15 is 0 Å². The summed E-state index contributed by atoms with van der Waals surface area (Å²) >= 11 is 1.43. The van der Waals surface area contributed by atoms with Gasteiger partial charge in [0.05, 0.1) is 22.5 Å². The van der Waals surface area contributed by atoms with E-state index in [4.69, 9.17) is 4.98 Å². The number of hydrogen-bond donors (Lipinski definition) is 1. The molecule has 180 valence electrons. The number of rotatable bonds is 7. The number of fused-ring (bicyclic) bond motifs is 1. The Morgan fingerprint density at radius 3 is 2.30 bits per heavy atom. The van der Waals surface area contributed by atoms with Crippen LogP contribution >= 0.6 is 11.8 Å². The number of nitrogens with one attached hydrogen (secondary N) is 1. The molecule has 3 aromatic carbocycles. The number of anilines is 1. The van der Waals surface area contributed by atoms with Gasteiger partial charge in [-0.2, -0.15) is 5.26 Å². The van der Waals surface area contributed by atoms with Crippen molar-refractivity contribution in [2.75, 3.05) is 11.1 Å². The molecule has 6 heteroatoms. The van der Waals surface area contributed by atoms with Crippen molar-refractivity contribution in [2.45, 2.75) is 18.4 Å². The van der Waals surface area contributed by atoms with Crippen LogP contribution in [0.1, 0.15) is 17.7 Å². The third-order valence-corrected chi connectivity index (χ3v) is 6.92. The van der Waals surface area contributed by atoms with Gasteiger partial charge in [-0.3, -0.25) is 9.78 Å². The lowest BCUT2D eigenvalue weighted by atomic mass is 9.99. The highest BCUT2D eigenvalue weighted by molar-refractivity contribution is 7.99. The first-order valence-corrected chi connectivity index (χ1v) is 13.0. The van der Waals surface area contributed by atoms with Gasteiger partial charge in [0.25, 0.3) is 0 Å². The Hall–Kier alpha value is -4.47. The second-order valence-electron chi connectivity index (χ2n) is 8.55. The molecule has 1 N–H and O–H groups in total. The number of pyridine rings is 2. The maximum absolute atomic E-state index is 12.9. The topological polar surface area (TPSA) is 78.7 Å². The van der Waals surface area contributed by atoms with Crippen LogP contribution in [0.2, 0.25) is 0 Å². The van der Waals surface area contributed by atoms with Crippen molar-refractivity contribution in [1.29, 1.82) is 5.26 Å². The molecule has 0 fully saturated rings. The standard InChI is InChI=1S/C31H24N4OS/c1-21-18-29(24-14-8-9-15-27(24)33-21)34-30(36)16-17-37-31-26(20-32)25(22-10-4-2-5-11-22)19-28(35-31)23-12-6-3-7-13-23/h2-15,18-19H,16-17H2,1H3,(H,33,34,36). The number of thioether (sulfide) groups is 1. The van der Waals surface area contributed by atoms with Gasteiger partial charge in [0, 0.05) is 34.4 Å². The average Bonchev–Trinajstić information content (AvgIpc) is 2.93. The van der Waals surface area contributed by atoms with Crippen LogP contribution in [0.3, 0.4) is 0 Å². The van der Waals surface area contributed by atoms with E-state index in [1.54, 1.807) is 0 Å². The van der Waals surface area contributed by atoms with Crippen LogP contribution in [0.4, 0.5) is 5.69 Å². The minimum absolute atomic E-state index is 0.0933. The van der Waals surface area contributed by atoms with Crippen LogP contribution in [0.25, 0.3) is 33.3 Å². The fourth-order valence-corrected chi connectivity index (χ4v) is 5.14. The first-order valence-electron chi connectivity index (χ1n) is 12.0. The molecular weight excluding hydrogens is 476 g/mol. The third kappa shape index (κ3) is 5.53. The lowest BCUT2D eigenvalue weighted by molar-refractivity contribution is -0.115. The molecule has 0 atom stereocenters. The van der Waals surface area contributed by atoms with Crippen LogP contribution < -0.4 is 5.32 Å². The van der Waals surface area contributed by atoms with Gasteiger partial charge >= 0.3 is 0 Å². The predicted octanol–water partition coefficient (Wildman–Crippen LogP) is 7.26. The molecule has 0 spiro atoms. The molecule has 5 nitrogen and oxygen atoms in total. The van der Waals surface area contributed by atoms with Gasteiger partial charge in [-0.05, 0) is 30.7 Å². The Balaban J connectivity index is 1.39. The van der Waals surface area contributed by atoms with Crippen molar-refractivity contribution < 1.29 is 4.79 Å². The van der Waals surface area contributed by atoms with Crippen molar-refractivity contribution in [1.82, 2.24) is 9.97 Å². The number of nitrogens with zero attached hydrogens (tertiary/aromatic N) is 3. The van der Waals surface area contributed by atoms with Gasteiger partial charge < -0.3 is 5.32 Å². The number of para-hydroxylation sites is 1. The zero-order valence-electron chi connectivity index (χ0n) is 20.3. The maximum Gasteiger partial charge on any atom is 0.225 e. The molecule has 0 unspecified atom stereocenters. The molecule has 5 rings (SSSR count). The highest BCUT2D eigenvalue weighted by Crippen LogP contribution is 2.34. The summed E-state index contributed by atoms with van der Waals surface area (Å²) in [7, 11) is 0. The molecule has 0 aliphatic rings. The Kier molecular flexibility index (Phi) is 7.25. The molecule has 37 heavy (non-hydrogen) atoms. The summed E-state index contributed by atoms with van der Waals surface area (Å²) < 4.78 is 0. The van der Waals surface area contributed by atoms with E-state index in [-0.39, 0.29) is 12.3 Å². The monoisotopic (exact) mass is 500 g/mol. The molecule has 0 bridgehead atoms. The van der Waals surface area contributed by atoms with Crippen molar-refractivity contribution in [3.63, 3.8) is 0 Å². The smallest absolute Gasteiger partial charge is 0.225 e. The molecule has 0 aliphatic heterocycles. The number of hydrogen-bond acceptors (Lipinski definition) is 5. The summed E-state index contributed by atoms with van der Waals surface area (Å²) in [5, 5.41) is 14.6. The molecule has 5 aromatic rings. The molecular formula is C31H24N4OS. The van der Waals surface area contributed by atoms with Gasteiger partial charge in [0.2, 0.25) is 5.91 Å². The maximum atomic E-state index is 12.9. The molecule has 0 radical (unpaired) electrons. The summed E-state index contributed by atoms with van der Waals surface area (Å²) in [6, 6.07) is 33.8. The zero-order valence-corrected chi connectivity index (χ0v) is 21.1. The second-order valence-corrected chi connectivity index (χ2v) is 9.64. The van der Waals surface area contributed by atoms with Gasteiger partial charge in [-0.25, -0.2) is 4.98 Å². The van der Waals surface area contributed by atoms with Crippen LogP contribution in [0, 0.1) is 18.3 Å². The fraction of sp³-hybridized carbons (Fsp3) is 0.0968. The fourth-order valence-electron chi connectivity index (χ4n) is 4.20. The number of carbonyl (C=O) groups excluding carboxylic acids is 1. The minimum Gasteiger partial charge on any atom is -0.325 e. The number of aromatic nitrogens is 2. The Morgan fingerprint density at radius 2 is 1.57 bits per heavy atom. The zero-order chi connectivity index (χ0) is 25.6. The van der Waals surface area contributed by atoms with Crippen LogP contribution in [-0.2, 0) is 4.79 Å². The highest BCUT2D eigenvalue weighted by atomic mass is 32.2. The summed E-state index contributed by atoms with van der Waals surface area (Å²) in [5.74, 6) is 0.395. The summed E-state index contributed by atoms with van der Waals surface area (Å²) in [4.78, 5) is 22.2. The number of aryl methyl sites for hydroxylation is 1. The number of amides is 1. The van der Waals surface area contributed by atoms with Crippen molar-refractivity contribution >= 4 is 34.3 Å². The van der Waals surface area contributed by atoms with Gasteiger partial charge in [-0.1, -0.05) is 78.9 Å². The van der Waals surface area contributed by atoms with E-state index < -0.39 is 0 Å².